The molecule has 0 atom stereocenters. The number of hydrogen-bond donors (Lipinski definition) is 2. The molecule has 1 saturated carbocycles. The summed E-state index contributed by atoms with van der Waals surface area (Å²) in [5, 5.41) is 3.49. The van der Waals surface area contributed by atoms with Gasteiger partial charge in [0, 0.05) is 21.0 Å². The Morgan fingerprint density at radius 2 is 1.60 bits per heavy atom. The summed E-state index contributed by atoms with van der Waals surface area (Å²) < 4.78 is 24.7. The Hall–Kier alpha value is -0.130. The molecule has 5 heteroatoms. The lowest BCUT2D eigenvalue weighted by atomic mass is 9.91. The van der Waals surface area contributed by atoms with Crippen LogP contribution in [0.5, 0.6) is 0 Å². The maximum Gasteiger partial charge on any atom is 0.208 e. The van der Waals surface area contributed by atoms with E-state index in [4.69, 9.17) is 0 Å². The molecule has 0 aromatic heterocycles. The van der Waals surface area contributed by atoms with Gasteiger partial charge in [0.2, 0.25) is 10.0 Å². The molecule has 0 saturated heterocycles. The van der Waals surface area contributed by atoms with Crippen LogP contribution in [0.15, 0.2) is 0 Å². The first-order chi connectivity index (χ1) is 6.87. The second-order valence-corrected chi connectivity index (χ2v) is 6.54. The van der Waals surface area contributed by atoms with Gasteiger partial charge < -0.3 is 5.32 Å². The lowest BCUT2D eigenvalue weighted by Gasteiger charge is -2.30. The molecule has 1 aliphatic rings. The van der Waals surface area contributed by atoms with E-state index in [1.807, 2.05) is 0 Å². The van der Waals surface area contributed by atoms with Crippen LogP contribution in [-0.4, -0.2) is 32.8 Å². The van der Waals surface area contributed by atoms with Crippen LogP contribution in [0, 0.1) is 0 Å². The van der Waals surface area contributed by atoms with Crippen molar-refractivity contribution in [3.05, 3.63) is 0 Å². The van der Waals surface area contributed by atoms with Crippen molar-refractivity contribution >= 4 is 10.0 Å². The highest BCUT2D eigenvalue weighted by molar-refractivity contribution is 7.88. The minimum atomic E-state index is -3.03. The van der Waals surface area contributed by atoms with Crippen molar-refractivity contribution in [2.75, 3.05) is 6.26 Å². The molecule has 0 amide bonds. The molecule has 1 rings (SSSR count). The topological polar surface area (TPSA) is 58.2 Å². The summed E-state index contributed by atoms with van der Waals surface area (Å²) in [6.07, 6.45) is 5.23. The standard InChI is InChI=1S/C10H22N2O2S.2H2/c1-8(2)11-9-4-6-10(7-5-9)12-15(3,13)14;;/h8-12H,4-7H2,1-3H3;2*1H. The zero-order valence-electron chi connectivity index (χ0n) is 9.79. The van der Waals surface area contributed by atoms with Crippen LogP contribution in [-0.2, 0) is 10.0 Å². The summed E-state index contributed by atoms with van der Waals surface area (Å²) in [5.41, 5.74) is 0. The predicted octanol–water partition coefficient (Wildman–Crippen LogP) is 1.34. The van der Waals surface area contributed by atoms with Gasteiger partial charge in [-0.2, -0.15) is 0 Å². The van der Waals surface area contributed by atoms with Crippen molar-refractivity contribution in [1.82, 2.24) is 10.0 Å². The van der Waals surface area contributed by atoms with Crippen LogP contribution in [0.2, 0.25) is 0 Å². The molecule has 0 aromatic rings. The third-order valence-electron chi connectivity index (χ3n) is 2.68. The van der Waals surface area contributed by atoms with E-state index in [-0.39, 0.29) is 8.90 Å². The first-order valence-electron chi connectivity index (χ1n) is 5.60. The predicted molar refractivity (Wildman–Crippen MR) is 66.5 cm³/mol. The summed E-state index contributed by atoms with van der Waals surface area (Å²) in [7, 11) is -3.03. The van der Waals surface area contributed by atoms with Gasteiger partial charge in [0.1, 0.15) is 0 Å². The van der Waals surface area contributed by atoms with Crippen LogP contribution < -0.4 is 10.0 Å². The molecule has 15 heavy (non-hydrogen) atoms. The van der Waals surface area contributed by atoms with Gasteiger partial charge in [0.05, 0.1) is 6.26 Å². The quantitative estimate of drug-likeness (QED) is 0.777. The van der Waals surface area contributed by atoms with Crippen LogP contribution in [0.4, 0.5) is 0 Å². The molecular weight excluding hydrogens is 212 g/mol. The second-order valence-electron chi connectivity index (χ2n) is 4.76. The van der Waals surface area contributed by atoms with Crippen molar-refractivity contribution in [3.63, 3.8) is 0 Å². The zero-order chi connectivity index (χ0) is 11.5. The number of rotatable bonds is 4. The summed E-state index contributed by atoms with van der Waals surface area (Å²) in [6, 6.07) is 1.21. The molecule has 0 aromatic carbocycles. The molecular formula is C10H26N2O2S. The zero-order valence-corrected chi connectivity index (χ0v) is 10.6. The molecule has 0 unspecified atom stereocenters. The molecule has 1 aliphatic carbocycles. The third kappa shape index (κ3) is 5.49. The highest BCUT2D eigenvalue weighted by atomic mass is 32.2. The van der Waals surface area contributed by atoms with Crippen molar-refractivity contribution in [3.8, 4) is 0 Å². The van der Waals surface area contributed by atoms with E-state index in [2.05, 4.69) is 23.9 Å². The van der Waals surface area contributed by atoms with Crippen LogP contribution in [0.1, 0.15) is 42.4 Å². The summed E-state index contributed by atoms with van der Waals surface area (Å²) in [6.45, 7) is 4.28. The largest absolute Gasteiger partial charge is 0.312 e. The Morgan fingerprint density at radius 3 is 2.00 bits per heavy atom. The highest BCUT2D eigenvalue weighted by Gasteiger charge is 2.23. The first kappa shape index (κ1) is 12.9. The van der Waals surface area contributed by atoms with Crippen molar-refractivity contribution in [1.29, 1.82) is 0 Å². The van der Waals surface area contributed by atoms with Gasteiger partial charge in [-0.05, 0) is 25.7 Å². The van der Waals surface area contributed by atoms with E-state index < -0.39 is 10.0 Å². The lowest BCUT2D eigenvalue weighted by Crippen LogP contribution is -2.43. The molecule has 2 N–H and O–H groups in total. The second kappa shape index (κ2) is 5.27. The van der Waals surface area contributed by atoms with Crippen molar-refractivity contribution < 1.29 is 11.3 Å². The van der Waals surface area contributed by atoms with Gasteiger partial charge >= 0.3 is 0 Å². The Bertz CT molecular complexity index is 289. The fourth-order valence-electron chi connectivity index (χ4n) is 2.15. The van der Waals surface area contributed by atoms with Gasteiger partial charge in [-0.25, -0.2) is 13.1 Å². The fourth-order valence-corrected chi connectivity index (χ4v) is 2.99. The minimum Gasteiger partial charge on any atom is -0.312 e. The number of nitrogens with one attached hydrogen (secondary N) is 2. The van der Waals surface area contributed by atoms with E-state index >= 15 is 0 Å². The van der Waals surface area contributed by atoms with Gasteiger partial charge in [0.25, 0.3) is 0 Å². The van der Waals surface area contributed by atoms with E-state index in [1.165, 1.54) is 6.26 Å². The number of hydrogen-bond acceptors (Lipinski definition) is 3. The van der Waals surface area contributed by atoms with Crippen LogP contribution in [0.3, 0.4) is 0 Å². The van der Waals surface area contributed by atoms with Crippen molar-refractivity contribution in [2.24, 2.45) is 0 Å². The first-order valence-corrected chi connectivity index (χ1v) is 7.49. The van der Waals surface area contributed by atoms with E-state index in [0.29, 0.717) is 12.1 Å². The van der Waals surface area contributed by atoms with Gasteiger partial charge in [-0.3, -0.25) is 0 Å². The SMILES string of the molecule is CC(C)NC1CCC(NS(C)(=O)=O)CC1.[HH].[HH]. The molecule has 0 aliphatic heterocycles. The normalized spacial score (nSPS) is 28.3. The summed E-state index contributed by atoms with van der Waals surface area (Å²) >= 11 is 0. The molecule has 4 nitrogen and oxygen atoms in total. The van der Waals surface area contributed by atoms with Crippen molar-refractivity contribution in [2.45, 2.75) is 57.7 Å². The molecule has 94 valence electrons. The summed E-state index contributed by atoms with van der Waals surface area (Å²) in [5.74, 6) is 0. The smallest absolute Gasteiger partial charge is 0.208 e. The maximum atomic E-state index is 11.0. The van der Waals surface area contributed by atoms with Crippen LogP contribution in [0.25, 0.3) is 0 Å². The highest BCUT2D eigenvalue weighted by Crippen LogP contribution is 2.19. The van der Waals surface area contributed by atoms with Crippen LogP contribution >= 0.6 is 0 Å². The molecule has 0 bridgehead atoms. The van der Waals surface area contributed by atoms with E-state index in [0.717, 1.165) is 25.7 Å². The van der Waals surface area contributed by atoms with E-state index in [1.54, 1.807) is 0 Å². The average molecular weight is 238 g/mol. The summed E-state index contributed by atoms with van der Waals surface area (Å²) in [4.78, 5) is 0. The lowest BCUT2D eigenvalue weighted by molar-refractivity contribution is 0.315. The maximum absolute atomic E-state index is 11.0. The molecule has 0 heterocycles. The average Bonchev–Trinajstić information content (AvgIpc) is 2.05. The Balaban J connectivity index is 0. The third-order valence-corrected chi connectivity index (χ3v) is 3.44. The Labute approximate surface area is 95.8 Å². The fraction of sp³-hybridized carbons (Fsp3) is 1.00. The molecule has 1 fully saturated rings. The molecule has 0 spiro atoms. The Kier molecular flexibility index (Phi) is 4.55. The monoisotopic (exact) mass is 238 g/mol. The minimum absolute atomic E-state index is 0. The van der Waals surface area contributed by atoms with Gasteiger partial charge in [-0.1, -0.05) is 13.8 Å². The van der Waals surface area contributed by atoms with Gasteiger partial charge in [-0.15, -0.1) is 0 Å². The van der Waals surface area contributed by atoms with E-state index in [9.17, 15) is 8.42 Å². The number of sulfonamides is 1. The van der Waals surface area contributed by atoms with Gasteiger partial charge in [0.15, 0.2) is 0 Å². The Morgan fingerprint density at radius 1 is 1.13 bits per heavy atom. The molecule has 0 radical (unpaired) electrons.